The molecule has 0 spiro atoms. The molecular formula is C30H31ClN2O4. The Kier molecular flexibility index (Phi) is 7.79. The Morgan fingerprint density at radius 3 is 2.54 bits per heavy atom. The van der Waals surface area contributed by atoms with E-state index >= 15 is 0 Å². The summed E-state index contributed by atoms with van der Waals surface area (Å²) >= 11 is 6.17. The maximum Gasteiger partial charge on any atom is 0.289 e. The molecule has 2 heterocycles. The number of hydrogen-bond acceptors (Lipinski definition) is 5. The second-order valence-electron chi connectivity index (χ2n) is 9.35. The minimum absolute atomic E-state index is 0.0464. The molecule has 0 N–H and O–H groups in total. The lowest BCUT2D eigenvalue weighted by Crippen LogP contribution is -2.49. The van der Waals surface area contributed by atoms with Crippen LogP contribution in [0, 0.1) is 6.92 Å². The van der Waals surface area contributed by atoms with Crippen LogP contribution in [0.1, 0.15) is 33.3 Å². The number of hydrogen-bond donors (Lipinski definition) is 0. The van der Waals surface area contributed by atoms with E-state index in [1.807, 2.05) is 78.6 Å². The molecule has 37 heavy (non-hydrogen) atoms. The standard InChI is InChI=1S/C30H31ClN2O4/c1-21-26-11-3-4-12-27(26)37-29(21)30(34)33-15-13-32(14-16-33)19-28(23-8-6-10-25(18-23)35-2)36-20-22-7-5-9-24(31)17-22/h3-12,17-18,28H,13-16,19-20H2,1-2H3/t28-/m1/s1. The summed E-state index contributed by atoms with van der Waals surface area (Å²) < 4.78 is 17.8. The Morgan fingerprint density at radius 1 is 1.00 bits per heavy atom. The molecule has 0 bridgehead atoms. The van der Waals surface area contributed by atoms with Crippen LogP contribution >= 0.6 is 11.6 Å². The molecule has 1 saturated heterocycles. The van der Waals surface area contributed by atoms with Crippen molar-refractivity contribution in [2.24, 2.45) is 0 Å². The van der Waals surface area contributed by atoms with Crippen LogP contribution in [-0.4, -0.2) is 55.5 Å². The van der Waals surface area contributed by atoms with E-state index in [-0.39, 0.29) is 12.0 Å². The predicted molar refractivity (Wildman–Crippen MR) is 145 cm³/mol. The van der Waals surface area contributed by atoms with E-state index in [0.717, 1.165) is 46.5 Å². The van der Waals surface area contributed by atoms with Crippen molar-refractivity contribution in [3.63, 3.8) is 0 Å². The van der Waals surface area contributed by atoms with Gasteiger partial charge in [0.2, 0.25) is 0 Å². The van der Waals surface area contributed by atoms with Crippen molar-refractivity contribution in [3.05, 3.63) is 100 Å². The predicted octanol–water partition coefficient (Wildman–Crippen LogP) is 6.12. The molecule has 1 amide bonds. The molecule has 0 aliphatic carbocycles. The fourth-order valence-corrected chi connectivity index (χ4v) is 5.02. The molecular weight excluding hydrogens is 488 g/mol. The van der Waals surface area contributed by atoms with E-state index in [1.54, 1.807) is 7.11 Å². The fourth-order valence-electron chi connectivity index (χ4n) is 4.81. The van der Waals surface area contributed by atoms with Crippen molar-refractivity contribution in [2.45, 2.75) is 19.6 Å². The van der Waals surface area contributed by atoms with E-state index in [0.29, 0.717) is 37.0 Å². The smallest absolute Gasteiger partial charge is 0.289 e. The van der Waals surface area contributed by atoms with Gasteiger partial charge in [0.05, 0.1) is 19.8 Å². The van der Waals surface area contributed by atoms with Crippen LogP contribution in [0.3, 0.4) is 0 Å². The molecule has 0 saturated carbocycles. The van der Waals surface area contributed by atoms with Gasteiger partial charge in [0.1, 0.15) is 11.3 Å². The topological polar surface area (TPSA) is 55.2 Å². The number of furan rings is 1. The monoisotopic (exact) mass is 518 g/mol. The van der Waals surface area contributed by atoms with Gasteiger partial charge >= 0.3 is 0 Å². The summed E-state index contributed by atoms with van der Waals surface area (Å²) in [6.45, 7) is 5.89. The number of halogens is 1. The van der Waals surface area contributed by atoms with Crippen LogP contribution in [0.4, 0.5) is 0 Å². The number of nitrogens with zero attached hydrogens (tertiary/aromatic N) is 2. The molecule has 3 aromatic carbocycles. The van der Waals surface area contributed by atoms with Crippen LogP contribution in [-0.2, 0) is 11.3 Å². The highest BCUT2D eigenvalue weighted by atomic mass is 35.5. The van der Waals surface area contributed by atoms with E-state index in [2.05, 4.69) is 11.0 Å². The number of rotatable bonds is 8. The molecule has 0 radical (unpaired) electrons. The number of carbonyl (C=O) groups excluding carboxylic acids is 1. The van der Waals surface area contributed by atoms with E-state index in [4.69, 9.17) is 25.5 Å². The Hall–Kier alpha value is -3.32. The van der Waals surface area contributed by atoms with Gasteiger partial charge in [-0.05, 0) is 48.4 Å². The van der Waals surface area contributed by atoms with Gasteiger partial charge in [-0.3, -0.25) is 9.69 Å². The number of benzene rings is 3. The molecule has 1 fully saturated rings. The van der Waals surface area contributed by atoms with E-state index < -0.39 is 0 Å². The summed E-state index contributed by atoms with van der Waals surface area (Å²) in [6.07, 6.45) is -0.158. The van der Waals surface area contributed by atoms with Gasteiger partial charge in [-0.1, -0.05) is 54.1 Å². The fraction of sp³-hybridized carbons (Fsp3) is 0.300. The number of piperazine rings is 1. The second-order valence-corrected chi connectivity index (χ2v) is 9.79. The zero-order valence-corrected chi connectivity index (χ0v) is 21.9. The van der Waals surface area contributed by atoms with Crippen molar-refractivity contribution in [1.82, 2.24) is 9.80 Å². The number of fused-ring (bicyclic) bond motifs is 1. The van der Waals surface area contributed by atoms with E-state index in [9.17, 15) is 4.79 Å². The van der Waals surface area contributed by atoms with Crippen molar-refractivity contribution >= 4 is 28.5 Å². The first-order chi connectivity index (χ1) is 18.0. The highest BCUT2D eigenvalue weighted by molar-refractivity contribution is 6.30. The number of para-hydroxylation sites is 1. The lowest BCUT2D eigenvalue weighted by atomic mass is 10.1. The molecule has 5 rings (SSSR count). The lowest BCUT2D eigenvalue weighted by Gasteiger charge is -2.36. The van der Waals surface area contributed by atoms with Gasteiger partial charge in [-0.2, -0.15) is 0 Å². The van der Waals surface area contributed by atoms with Crippen LogP contribution in [0.2, 0.25) is 5.02 Å². The van der Waals surface area contributed by atoms with E-state index in [1.165, 1.54) is 0 Å². The van der Waals surface area contributed by atoms with Gasteiger partial charge in [0, 0.05) is 48.7 Å². The number of methoxy groups -OCH3 is 1. The second kappa shape index (κ2) is 11.4. The van der Waals surface area contributed by atoms with Gasteiger partial charge < -0.3 is 18.8 Å². The van der Waals surface area contributed by atoms with Gasteiger partial charge in [0.25, 0.3) is 5.91 Å². The highest BCUT2D eigenvalue weighted by Gasteiger charge is 2.28. The minimum Gasteiger partial charge on any atom is -0.497 e. The van der Waals surface area contributed by atoms with Gasteiger partial charge in [0.15, 0.2) is 5.76 Å². The molecule has 1 atom stereocenters. The molecule has 192 valence electrons. The summed E-state index contributed by atoms with van der Waals surface area (Å²) in [6, 6.07) is 23.5. The van der Waals surface area contributed by atoms with Crippen molar-refractivity contribution in [2.75, 3.05) is 39.8 Å². The Morgan fingerprint density at radius 2 is 1.78 bits per heavy atom. The highest BCUT2D eigenvalue weighted by Crippen LogP contribution is 2.28. The number of aryl methyl sites for hydroxylation is 1. The van der Waals surface area contributed by atoms with Gasteiger partial charge in [-0.15, -0.1) is 0 Å². The maximum atomic E-state index is 13.3. The van der Waals surface area contributed by atoms with Crippen molar-refractivity contribution in [1.29, 1.82) is 0 Å². The summed E-state index contributed by atoms with van der Waals surface area (Å²) in [5, 5.41) is 1.68. The van der Waals surface area contributed by atoms with Crippen molar-refractivity contribution < 1.29 is 18.7 Å². The van der Waals surface area contributed by atoms with Crippen molar-refractivity contribution in [3.8, 4) is 5.75 Å². The van der Waals surface area contributed by atoms with Crippen LogP contribution in [0.5, 0.6) is 5.75 Å². The maximum absolute atomic E-state index is 13.3. The molecule has 7 heteroatoms. The molecule has 4 aromatic rings. The average Bonchev–Trinajstić information content (AvgIpc) is 3.27. The first kappa shape index (κ1) is 25.3. The first-order valence-corrected chi connectivity index (χ1v) is 12.9. The zero-order valence-electron chi connectivity index (χ0n) is 21.2. The molecule has 1 aliphatic rings. The van der Waals surface area contributed by atoms with Crippen LogP contribution in [0.15, 0.2) is 77.2 Å². The molecule has 1 aliphatic heterocycles. The third kappa shape index (κ3) is 5.82. The van der Waals surface area contributed by atoms with Crippen LogP contribution < -0.4 is 4.74 Å². The normalized spacial score (nSPS) is 15.2. The molecule has 6 nitrogen and oxygen atoms in total. The Balaban J connectivity index is 1.25. The number of ether oxygens (including phenoxy) is 2. The van der Waals surface area contributed by atoms with Gasteiger partial charge in [-0.25, -0.2) is 0 Å². The minimum atomic E-state index is -0.158. The zero-order chi connectivity index (χ0) is 25.8. The average molecular weight is 519 g/mol. The number of amides is 1. The van der Waals surface area contributed by atoms with Crippen LogP contribution in [0.25, 0.3) is 11.0 Å². The SMILES string of the molecule is COc1cccc([C@@H](CN2CCN(C(=O)c3oc4ccccc4c3C)CC2)OCc2cccc(Cl)c2)c1. The summed E-state index contributed by atoms with van der Waals surface area (Å²) in [7, 11) is 1.67. The third-order valence-electron chi connectivity index (χ3n) is 6.93. The summed E-state index contributed by atoms with van der Waals surface area (Å²) in [5.41, 5.74) is 3.73. The number of carbonyl (C=O) groups is 1. The third-order valence-corrected chi connectivity index (χ3v) is 7.16. The Labute approximate surface area is 222 Å². The largest absolute Gasteiger partial charge is 0.497 e. The quantitative estimate of drug-likeness (QED) is 0.281. The Bertz CT molecular complexity index is 1380. The molecule has 1 aromatic heterocycles. The molecule has 0 unspecified atom stereocenters. The lowest BCUT2D eigenvalue weighted by molar-refractivity contribution is 0.00303. The summed E-state index contributed by atoms with van der Waals surface area (Å²) in [5.74, 6) is 1.19. The first-order valence-electron chi connectivity index (χ1n) is 12.5. The summed E-state index contributed by atoms with van der Waals surface area (Å²) in [4.78, 5) is 17.5.